The topological polar surface area (TPSA) is 15.3 Å². The Labute approximate surface area is 120 Å². The predicted molar refractivity (Wildman–Crippen MR) is 83.5 cm³/mol. The summed E-state index contributed by atoms with van der Waals surface area (Å²) in [4.78, 5) is 2.76. The number of nitrogens with one attached hydrogen (secondary N) is 1. The van der Waals surface area contributed by atoms with E-state index in [9.17, 15) is 0 Å². The molecule has 0 spiro atoms. The molecule has 1 heterocycles. The van der Waals surface area contributed by atoms with Gasteiger partial charge < -0.3 is 5.32 Å². The Morgan fingerprint density at radius 2 is 1.84 bits per heavy atom. The lowest BCUT2D eigenvalue weighted by atomic mass is 9.81. The van der Waals surface area contributed by atoms with Gasteiger partial charge in [0.15, 0.2) is 0 Å². The maximum atomic E-state index is 3.86. The third-order valence-electron chi connectivity index (χ3n) is 5.32. The van der Waals surface area contributed by atoms with Gasteiger partial charge in [0, 0.05) is 24.7 Å². The maximum Gasteiger partial charge on any atom is 0.0278 e. The van der Waals surface area contributed by atoms with Crippen molar-refractivity contribution in [1.29, 1.82) is 0 Å². The van der Waals surface area contributed by atoms with Crippen LogP contribution in [0.2, 0.25) is 0 Å². The Morgan fingerprint density at radius 3 is 2.53 bits per heavy atom. The Morgan fingerprint density at radius 1 is 1.11 bits per heavy atom. The Hall–Kier alpha value is -0.0800. The van der Waals surface area contributed by atoms with Crippen molar-refractivity contribution in [2.75, 3.05) is 19.6 Å². The van der Waals surface area contributed by atoms with Crippen molar-refractivity contribution < 1.29 is 0 Å². The molecule has 1 atom stereocenters. The zero-order chi connectivity index (χ0) is 13.7. The largest absolute Gasteiger partial charge is 0.311 e. The molecular weight excluding hydrogens is 232 g/mol. The van der Waals surface area contributed by atoms with Crippen LogP contribution in [0.15, 0.2) is 0 Å². The van der Waals surface area contributed by atoms with Gasteiger partial charge in [0.2, 0.25) is 0 Å². The summed E-state index contributed by atoms with van der Waals surface area (Å²) >= 11 is 0. The molecule has 2 heteroatoms. The van der Waals surface area contributed by atoms with Crippen LogP contribution in [0.3, 0.4) is 0 Å². The SMILES string of the molecule is CCCCCN1CC(C2CCCCC2)NCC1(C)C. The lowest BCUT2D eigenvalue weighted by molar-refractivity contribution is 0.0427. The van der Waals surface area contributed by atoms with Crippen molar-refractivity contribution in [2.45, 2.75) is 83.7 Å². The van der Waals surface area contributed by atoms with Crippen LogP contribution in [0.1, 0.15) is 72.1 Å². The quantitative estimate of drug-likeness (QED) is 0.761. The van der Waals surface area contributed by atoms with Gasteiger partial charge in [-0.15, -0.1) is 0 Å². The first-order valence-electron chi connectivity index (χ1n) is 8.62. The van der Waals surface area contributed by atoms with Crippen LogP contribution in [0.4, 0.5) is 0 Å². The van der Waals surface area contributed by atoms with Crippen molar-refractivity contribution in [1.82, 2.24) is 10.2 Å². The van der Waals surface area contributed by atoms with E-state index in [2.05, 4.69) is 31.0 Å². The smallest absolute Gasteiger partial charge is 0.0278 e. The fourth-order valence-corrected chi connectivity index (χ4v) is 3.84. The van der Waals surface area contributed by atoms with Crippen LogP contribution in [0, 0.1) is 5.92 Å². The highest BCUT2D eigenvalue weighted by atomic mass is 15.3. The molecule has 2 nitrogen and oxygen atoms in total. The van der Waals surface area contributed by atoms with Gasteiger partial charge in [-0.2, -0.15) is 0 Å². The molecule has 1 aliphatic carbocycles. The summed E-state index contributed by atoms with van der Waals surface area (Å²) in [6.45, 7) is 10.9. The van der Waals surface area contributed by atoms with Gasteiger partial charge >= 0.3 is 0 Å². The van der Waals surface area contributed by atoms with Crippen molar-refractivity contribution in [3.05, 3.63) is 0 Å². The highest BCUT2D eigenvalue weighted by molar-refractivity contribution is 4.95. The zero-order valence-corrected chi connectivity index (χ0v) is 13.4. The van der Waals surface area contributed by atoms with Gasteiger partial charge in [0.05, 0.1) is 0 Å². The fourth-order valence-electron chi connectivity index (χ4n) is 3.84. The van der Waals surface area contributed by atoms with Crippen LogP contribution in [0.25, 0.3) is 0 Å². The fraction of sp³-hybridized carbons (Fsp3) is 1.00. The number of nitrogens with zero attached hydrogens (tertiary/aromatic N) is 1. The van der Waals surface area contributed by atoms with Crippen LogP contribution < -0.4 is 5.32 Å². The molecule has 0 amide bonds. The van der Waals surface area contributed by atoms with E-state index in [4.69, 9.17) is 0 Å². The zero-order valence-electron chi connectivity index (χ0n) is 13.4. The molecular formula is C17H34N2. The molecule has 1 aliphatic heterocycles. The monoisotopic (exact) mass is 266 g/mol. The third-order valence-corrected chi connectivity index (χ3v) is 5.32. The number of hydrogen-bond acceptors (Lipinski definition) is 2. The van der Waals surface area contributed by atoms with Crippen molar-refractivity contribution in [3.63, 3.8) is 0 Å². The third kappa shape index (κ3) is 4.19. The first-order valence-corrected chi connectivity index (χ1v) is 8.62. The Kier molecular flexibility index (Phi) is 5.70. The molecule has 1 unspecified atom stereocenters. The number of hydrogen-bond donors (Lipinski definition) is 1. The molecule has 1 saturated heterocycles. The molecule has 1 N–H and O–H groups in total. The second-order valence-electron chi connectivity index (χ2n) is 7.35. The average molecular weight is 266 g/mol. The van der Waals surface area contributed by atoms with Gasteiger partial charge in [-0.1, -0.05) is 39.0 Å². The van der Waals surface area contributed by atoms with E-state index in [0.29, 0.717) is 5.54 Å². The summed E-state index contributed by atoms with van der Waals surface area (Å²) in [5.74, 6) is 0.943. The van der Waals surface area contributed by atoms with Gasteiger partial charge in [0.25, 0.3) is 0 Å². The molecule has 0 aromatic carbocycles. The molecule has 2 aliphatic rings. The van der Waals surface area contributed by atoms with Crippen LogP contribution in [-0.2, 0) is 0 Å². The Bertz CT molecular complexity index is 256. The van der Waals surface area contributed by atoms with E-state index in [1.54, 1.807) is 0 Å². The lowest BCUT2D eigenvalue weighted by Crippen LogP contribution is -2.63. The van der Waals surface area contributed by atoms with E-state index in [1.165, 1.54) is 71.0 Å². The second-order valence-corrected chi connectivity index (χ2v) is 7.35. The van der Waals surface area contributed by atoms with E-state index < -0.39 is 0 Å². The van der Waals surface area contributed by atoms with E-state index in [-0.39, 0.29) is 0 Å². The average Bonchev–Trinajstić information content (AvgIpc) is 2.42. The summed E-state index contributed by atoms with van der Waals surface area (Å²) in [5.41, 5.74) is 0.346. The first-order chi connectivity index (χ1) is 9.13. The standard InChI is InChI=1S/C17H34N2/c1-4-5-9-12-19-13-16(18-14-17(19,2)3)15-10-7-6-8-11-15/h15-16,18H,4-14H2,1-3H3. The molecule has 2 rings (SSSR count). The maximum absolute atomic E-state index is 3.86. The molecule has 112 valence electrons. The lowest BCUT2D eigenvalue weighted by Gasteiger charge is -2.48. The van der Waals surface area contributed by atoms with Gasteiger partial charge in [-0.05, 0) is 45.6 Å². The molecule has 0 radical (unpaired) electrons. The van der Waals surface area contributed by atoms with Gasteiger partial charge in [0.1, 0.15) is 0 Å². The predicted octanol–water partition coefficient (Wildman–Crippen LogP) is 3.81. The van der Waals surface area contributed by atoms with Crippen LogP contribution in [-0.4, -0.2) is 36.1 Å². The van der Waals surface area contributed by atoms with Gasteiger partial charge in [-0.25, -0.2) is 0 Å². The summed E-state index contributed by atoms with van der Waals surface area (Å²) in [6.07, 6.45) is 11.4. The van der Waals surface area contributed by atoms with Gasteiger partial charge in [-0.3, -0.25) is 4.90 Å². The van der Waals surface area contributed by atoms with E-state index in [0.717, 1.165) is 12.0 Å². The van der Waals surface area contributed by atoms with Crippen LogP contribution in [0.5, 0.6) is 0 Å². The van der Waals surface area contributed by atoms with Crippen LogP contribution >= 0.6 is 0 Å². The molecule has 1 saturated carbocycles. The van der Waals surface area contributed by atoms with E-state index >= 15 is 0 Å². The summed E-state index contributed by atoms with van der Waals surface area (Å²) in [6, 6.07) is 0.759. The van der Waals surface area contributed by atoms with Crippen molar-refractivity contribution >= 4 is 0 Å². The number of piperazine rings is 1. The normalized spacial score (nSPS) is 29.5. The highest BCUT2D eigenvalue weighted by Gasteiger charge is 2.36. The van der Waals surface area contributed by atoms with E-state index in [1.807, 2.05) is 0 Å². The minimum Gasteiger partial charge on any atom is -0.311 e. The van der Waals surface area contributed by atoms with Crippen molar-refractivity contribution in [2.24, 2.45) is 5.92 Å². The second kappa shape index (κ2) is 7.08. The molecule has 2 fully saturated rings. The Balaban J connectivity index is 1.87. The minimum absolute atomic E-state index is 0.346. The summed E-state index contributed by atoms with van der Waals surface area (Å²) in [7, 11) is 0. The number of unbranched alkanes of at least 4 members (excludes halogenated alkanes) is 2. The molecule has 0 aromatic heterocycles. The first kappa shape index (κ1) is 15.3. The number of rotatable bonds is 5. The highest BCUT2D eigenvalue weighted by Crippen LogP contribution is 2.30. The molecule has 0 bridgehead atoms. The van der Waals surface area contributed by atoms with Crippen molar-refractivity contribution in [3.8, 4) is 0 Å². The molecule has 19 heavy (non-hydrogen) atoms. The summed E-state index contributed by atoms with van der Waals surface area (Å²) in [5, 5.41) is 3.86. The summed E-state index contributed by atoms with van der Waals surface area (Å²) < 4.78 is 0. The molecule has 0 aromatic rings. The minimum atomic E-state index is 0.346.